The fraction of sp³-hybridized carbons (Fsp3) is 0.467. The van der Waals surface area contributed by atoms with Gasteiger partial charge in [-0.3, -0.25) is 4.57 Å². The molecule has 1 aliphatic rings. The lowest BCUT2D eigenvalue weighted by Crippen LogP contribution is -2.09. The largest absolute Gasteiger partial charge is 0.381 e. The van der Waals surface area contributed by atoms with E-state index in [4.69, 9.17) is 10.5 Å². The minimum absolute atomic E-state index is 0.383. The van der Waals surface area contributed by atoms with Crippen molar-refractivity contribution in [3.05, 3.63) is 35.7 Å². The Morgan fingerprint density at radius 2 is 2.24 bits per heavy atom. The van der Waals surface area contributed by atoms with Crippen molar-refractivity contribution in [1.29, 1.82) is 0 Å². The van der Waals surface area contributed by atoms with Crippen molar-refractivity contribution < 1.29 is 4.74 Å². The molecular formula is C15H20N4OS. The summed E-state index contributed by atoms with van der Waals surface area (Å²) in [5, 5.41) is 9.47. The Kier molecular flexibility index (Phi) is 4.57. The Morgan fingerprint density at radius 1 is 1.38 bits per heavy atom. The number of aromatic nitrogens is 3. The summed E-state index contributed by atoms with van der Waals surface area (Å²) in [6.45, 7) is 4.21. The maximum absolute atomic E-state index is 5.82. The van der Waals surface area contributed by atoms with Crippen LogP contribution in [0.4, 0.5) is 0 Å². The Morgan fingerprint density at radius 3 is 2.95 bits per heavy atom. The number of nitrogens with zero attached hydrogens (tertiary/aromatic N) is 3. The van der Waals surface area contributed by atoms with Gasteiger partial charge in [-0.15, -0.1) is 10.2 Å². The summed E-state index contributed by atoms with van der Waals surface area (Å²) in [5.74, 6) is 2.42. The van der Waals surface area contributed by atoms with Gasteiger partial charge in [-0.05, 0) is 30.9 Å². The minimum atomic E-state index is 0.383. The van der Waals surface area contributed by atoms with Crippen molar-refractivity contribution in [3.63, 3.8) is 0 Å². The van der Waals surface area contributed by atoms with Gasteiger partial charge in [0.15, 0.2) is 11.0 Å². The van der Waals surface area contributed by atoms with E-state index in [2.05, 4.69) is 33.8 Å². The van der Waals surface area contributed by atoms with Crippen molar-refractivity contribution in [2.24, 2.45) is 11.7 Å². The van der Waals surface area contributed by atoms with Gasteiger partial charge < -0.3 is 10.5 Å². The van der Waals surface area contributed by atoms with Gasteiger partial charge in [-0.1, -0.05) is 30.0 Å². The second-order valence-corrected chi connectivity index (χ2v) is 6.25. The van der Waals surface area contributed by atoms with E-state index in [0.717, 1.165) is 42.1 Å². The van der Waals surface area contributed by atoms with Crippen molar-refractivity contribution in [1.82, 2.24) is 14.8 Å². The molecule has 5 nitrogen and oxygen atoms in total. The van der Waals surface area contributed by atoms with Crippen molar-refractivity contribution in [2.75, 3.05) is 19.0 Å². The zero-order valence-electron chi connectivity index (χ0n) is 12.2. The first kappa shape index (κ1) is 14.6. The summed E-state index contributed by atoms with van der Waals surface area (Å²) in [5.41, 5.74) is 8.11. The van der Waals surface area contributed by atoms with Crippen LogP contribution in [0, 0.1) is 12.8 Å². The van der Waals surface area contributed by atoms with Crippen LogP contribution in [0.2, 0.25) is 0 Å². The molecule has 1 saturated heterocycles. The minimum Gasteiger partial charge on any atom is -0.381 e. The molecule has 1 aromatic heterocycles. The highest BCUT2D eigenvalue weighted by atomic mass is 32.2. The lowest BCUT2D eigenvalue weighted by atomic mass is 10.2. The number of thioether (sulfide) groups is 1. The van der Waals surface area contributed by atoms with Crippen LogP contribution in [-0.2, 0) is 11.3 Å². The van der Waals surface area contributed by atoms with E-state index in [1.54, 1.807) is 11.8 Å². The summed E-state index contributed by atoms with van der Waals surface area (Å²) in [6, 6.07) is 8.24. The van der Waals surface area contributed by atoms with E-state index >= 15 is 0 Å². The number of benzene rings is 1. The first-order valence-corrected chi connectivity index (χ1v) is 8.19. The molecule has 21 heavy (non-hydrogen) atoms. The van der Waals surface area contributed by atoms with Gasteiger partial charge in [0.2, 0.25) is 0 Å². The SMILES string of the molecule is Cc1ccccc1-n1c(CN)nnc1SC[C@H]1CCOC1. The Bertz CT molecular complexity index is 607. The van der Waals surface area contributed by atoms with Gasteiger partial charge in [0.05, 0.1) is 18.8 Å². The predicted molar refractivity (Wildman–Crippen MR) is 83.6 cm³/mol. The number of hydrogen-bond donors (Lipinski definition) is 1. The molecule has 3 rings (SSSR count). The second-order valence-electron chi connectivity index (χ2n) is 5.27. The van der Waals surface area contributed by atoms with Crippen LogP contribution in [0.15, 0.2) is 29.4 Å². The molecule has 2 aromatic rings. The highest BCUT2D eigenvalue weighted by Crippen LogP contribution is 2.27. The van der Waals surface area contributed by atoms with Gasteiger partial charge in [0, 0.05) is 12.4 Å². The number of aryl methyl sites for hydroxylation is 1. The molecule has 0 aliphatic carbocycles. The third kappa shape index (κ3) is 3.12. The zero-order valence-corrected chi connectivity index (χ0v) is 13.0. The number of nitrogens with two attached hydrogens (primary N) is 1. The van der Waals surface area contributed by atoms with Crippen molar-refractivity contribution in [2.45, 2.75) is 25.0 Å². The molecule has 1 atom stereocenters. The normalized spacial score (nSPS) is 18.3. The molecule has 2 N–H and O–H groups in total. The van der Waals surface area contributed by atoms with E-state index in [1.165, 1.54) is 5.56 Å². The van der Waals surface area contributed by atoms with Crippen LogP contribution < -0.4 is 5.73 Å². The first-order chi connectivity index (χ1) is 10.3. The molecular weight excluding hydrogens is 284 g/mol. The zero-order chi connectivity index (χ0) is 14.7. The smallest absolute Gasteiger partial charge is 0.195 e. The lowest BCUT2D eigenvalue weighted by molar-refractivity contribution is 0.189. The van der Waals surface area contributed by atoms with Crippen LogP contribution in [0.25, 0.3) is 5.69 Å². The van der Waals surface area contributed by atoms with Crippen molar-refractivity contribution in [3.8, 4) is 5.69 Å². The highest BCUT2D eigenvalue weighted by Gasteiger charge is 2.19. The Labute approximate surface area is 128 Å². The fourth-order valence-corrected chi connectivity index (χ4v) is 3.57. The van der Waals surface area contributed by atoms with E-state index in [0.29, 0.717) is 12.5 Å². The standard InChI is InChI=1S/C15H20N4OS/c1-11-4-2-3-5-13(11)19-14(8-16)17-18-15(19)21-10-12-6-7-20-9-12/h2-5,12H,6-10,16H2,1H3/t12-/m0/s1. The molecule has 0 radical (unpaired) electrons. The summed E-state index contributed by atoms with van der Waals surface area (Å²) < 4.78 is 7.51. The fourth-order valence-electron chi connectivity index (χ4n) is 2.49. The number of ether oxygens (including phenoxy) is 1. The summed E-state index contributed by atoms with van der Waals surface area (Å²) in [6.07, 6.45) is 1.13. The van der Waals surface area contributed by atoms with Crippen LogP contribution in [0.5, 0.6) is 0 Å². The van der Waals surface area contributed by atoms with Gasteiger partial charge in [-0.25, -0.2) is 0 Å². The maximum Gasteiger partial charge on any atom is 0.195 e. The topological polar surface area (TPSA) is 66.0 Å². The van der Waals surface area contributed by atoms with Gasteiger partial charge in [0.25, 0.3) is 0 Å². The van der Waals surface area contributed by atoms with Crippen molar-refractivity contribution >= 4 is 11.8 Å². The monoisotopic (exact) mass is 304 g/mol. The molecule has 2 heterocycles. The number of rotatable bonds is 5. The number of para-hydroxylation sites is 1. The third-order valence-corrected chi connectivity index (χ3v) is 4.87. The summed E-state index contributed by atoms with van der Waals surface area (Å²) >= 11 is 1.74. The van der Waals surface area contributed by atoms with Crippen LogP contribution in [0.3, 0.4) is 0 Å². The van der Waals surface area contributed by atoms with Crippen LogP contribution in [-0.4, -0.2) is 33.7 Å². The van der Waals surface area contributed by atoms with E-state index < -0.39 is 0 Å². The molecule has 0 unspecified atom stereocenters. The third-order valence-electron chi connectivity index (χ3n) is 3.71. The second kappa shape index (κ2) is 6.60. The molecule has 0 saturated carbocycles. The average Bonchev–Trinajstić information content (AvgIpc) is 3.14. The molecule has 0 bridgehead atoms. The quantitative estimate of drug-likeness (QED) is 0.858. The molecule has 0 amide bonds. The van der Waals surface area contributed by atoms with E-state index in [1.807, 2.05) is 12.1 Å². The van der Waals surface area contributed by atoms with Gasteiger partial charge >= 0.3 is 0 Å². The Balaban J connectivity index is 1.87. The molecule has 112 valence electrons. The molecule has 1 aromatic carbocycles. The van der Waals surface area contributed by atoms with Gasteiger partial charge in [0.1, 0.15) is 0 Å². The predicted octanol–water partition coefficient (Wildman–Crippen LogP) is 2.16. The molecule has 0 spiro atoms. The summed E-state index contributed by atoms with van der Waals surface area (Å²) in [7, 11) is 0. The van der Waals surface area contributed by atoms with Crippen LogP contribution >= 0.6 is 11.8 Å². The van der Waals surface area contributed by atoms with E-state index in [-0.39, 0.29) is 0 Å². The lowest BCUT2D eigenvalue weighted by Gasteiger charge is -2.12. The van der Waals surface area contributed by atoms with Crippen LogP contribution in [0.1, 0.15) is 17.8 Å². The highest BCUT2D eigenvalue weighted by molar-refractivity contribution is 7.99. The Hall–Kier alpha value is -1.37. The summed E-state index contributed by atoms with van der Waals surface area (Å²) in [4.78, 5) is 0. The maximum atomic E-state index is 5.82. The molecule has 1 aliphatic heterocycles. The number of hydrogen-bond acceptors (Lipinski definition) is 5. The average molecular weight is 304 g/mol. The van der Waals surface area contributed by atoms with Gasteiger partial charge in [-0.2, -0.15) is 0 Å². The van der Waals surface area contributed by atoms with E-state index in [9.17, 15) is 0 Å². The first-order valence-electron chi connectivity index (χ1n) is 7.20. The molecule has 6 heteroatoms. The molecule has 1 fully saturated rings.